The number of hydroxylamine groups is 3. The third kappa shape index (κ3) is 2.18. The van der Waals surface area contributed by atoms with E-state index in [-0.39, 0.29) is 12.7 Å². The summed E-state index contributed by atoms with van der Waals surface area (Å²) in [6, 6.07) is 11.2. The number of piperidine rings is 1. The second-order valence-corrected chi connectivity index (χ2v) is 5.61. The average Bonchev–Trinajstić information content (AvgIpc) is 2.78. The Hall–Kier alpha value is -0.900. The molecule has 0 radical (unpaired) electrons. The van der Waals surface area contributed by atoms with Crippen LogP contribution in [0.5, 0.6) is 0 Å². The first-order chi connectivity index (χ1) is 8.82. The van der Waals surface area contributed by atoms with Crippen LogP contribution in [0.1, 0.15) is 31.2 Å². The summed E-state index contributed by atoms with van der Waals surface area (Å²) in [6.07, 6.45) is 4.84. The van der Waals surface area contributed by atoms with E-state index in [1.165, 1.54) is 24.8 Å². The highest BCUT2D eigenvalue weighted by atomic mass is 16.7. The lowest BCUT2D eigenvalue weighted by Gasteiger charge is -2.39. The Bertz CT molecular complexity index is 395. The number of hydrogen-bond donors (Lipinski definition) is 1. The first kappa shape index (κ1) is 12.2. The van der Waals surface area contributed by atoms with Crippen LogP contribution in [0.3, 0.4) is 0 Å². The lowest BCUT2D eigenvalue weighted by molar-refractivity contribution is -1.12. The van der Waals surface area contributed by atoms with Gasteiger partial charge in [0, 0.05) is 18.4 Å². The number of nitrogens with zero attached hydrogens (tertiary/aromatic N) is 1. The standard InChI is InChI=1S/C15H22NO2/c17-12-15-10-14-8-4-5-9-16(14,18-15)11-13-6-2-1-3-7-13/h1-3,6-7,14-15,17H,4-5,8-12H2/q+1/t14-,15-,16?/m1/s1. The van der Waals surface area contributed by atoms with Crippen molar-refractivity contribution in [1.29, 1.82) is 0 Å². The van der Waals surface area contributed by atoms with Crippen molar-refractivity contribution < 1.29 is 14.6 Å². The molecule has 0 aromatic heterocycles. The van der Waals surface area contributed by atoms with Crippen LogP contribution in [0.15, 0.2) is 30.3 Å². The molecule has 0 amide bonds. The quantitative estimate of drug-likeness (QED) is 0.831. The molecule has 18 heavy (non-hydrogen) atoms. The van der Waals surface area contributed by atoms with Crippen LogP contribution in [-0.4, -0.2) is 35.1 Å². The van der Waals surface area contributed by atoms with Crippen LogP contribution in [0.25, 0.3) is 0 Å². The highest BCUT2D eigenvalue weighted by Gasteiger charge is 2.50. The van der Waals surface area contributed by atoms with Crippen molar-refractivity contribution >= 4 is 0 Å². The smallest absolute Gasteiger partial charge is 0.145 e. The van der Waals surface area contributed by atoms with Gasteiger partial charge in [0.1, 0.15) is 25.2 Å². The Morgan fingerprint density at radius 3 is 2.83 bits per heavy atom. The van der Waals surface area contributed by atoms with Gasteiger partial charge in [-0.25, -0.2) is 0 Å². The molecule has 1 aromatic rings. The summed E-state index contributed by atoms with van der Waals surface area (Å²) in [4.78, 5) is 6.19. The van der Waals surface area contributed by atoms with Crippen LogP contribution in [0.2, 0.25) is 0 Å². The van der Waals surface area contributed by atoms with Gasteiger partial charge in [0.25, 0.3) is 0 Å². The van der Waals surface area contributed by atoms with E-state index in [1.54, 1.807) is 0 Å². The van der Waals surface area contributed by atoms with E-state index in [4.69, 9.17) is 4.84 Å². The molecular formula is C15H22NO2+. The van der Waals surface area contributed by atoms with Crippen molar-refractivity contribution in [3.63, 3.8) is 0 Å². The highest BCUT2D eigenvalue weighted by Crippen LogP contribution is 2.38. The fourth-order valence-electron chi connectivity index (χ4n) is 3.52. The van der Waals surface area contributed by atoms with Gasteiger partial charge in [0.05, 0.1) is 6.61 Å². The van der Waals surface area contributed by atoms with Gasteiger partial charge in [0.15, 0.2) is 0 Å². The molecule has 2 fully saturated rings. The fourth-order valence-corrected chi connectivity index (χ4v) is 3.52. The number of rotatable bonds is 3. The summed E-state index contributed by atoms with van der Waals surface area (Å²) in [5, 5.41) is 9.36. The molecule has 1 N–H and O–H groups in total. The van der Waals surface area contributed by atoms with E-state index in [0.29, 0.717) is 6.04 Å². The van der Waals surface area contributed by atoms with Gasteiger partial charge < -0.3 is 5.11 Å². The van der Waals surface area contributed by atoms with Crippen LogP contribution in [0, 0.1) is 0 Å². The maximum Gasteiger partial charge on any atom is 0.145 e. The van der Waals surface area contributed by atoms with Gasteiger partial charge in [-0.3, -0.25) is 0 Å². The predicted octanol–water partition coefficient (Wildman–Crippen LogP) is 2.25. The largest absolute Gasteiger partial charge is 0.393 e. The maximum absolute atomic E-state index is 9.36. The topological polar surface area (TPSA) is 29.5 Å². The van der Waals surface area contributed by atoms with Crippen molar-refractivity contribution in [2.75, 3.05) is 13.2 Å². The van der Waals surface area contributed by atoms with Gasteiger partial charge >= 0.3 is 0 Å². The van der Waals surface area contributed by atoms with Crippen molar-refractivity contribution in [3.8, 4) is 0 Å². The Balaban J connectivity index is 1.81. The van der Waals surface area contributed by atoms with Crippen LogP contribution in [0.4, 0.5) is 0 Å². The summed E-state index contributed by atoms with van der Waals surface area (Å²) in [5.74, 6) is 0. The molecule has 2 saturated heterocycles. The SMILES string of the molecule is OC[C@H]1C[C@H]2CCCC[N+]2(Cc2ccccc2)O1. The zero-order valence-corrected chi connectivity index (χ0v) is 10.8. The highest BCUT2D eigenvalue weighted by molar-refractivity contribution is 5.13. The summed E-state index contributed by atoms with van der Waals surface area (Å²) in [6.45, 7) is 2.20. The molecule has 2 heterocycles. The minimum Gasteiger partial charge on any atom is -0.393 e. The van der Waals surface area contributed by atoms with Crippen LogP contribution >= 0.6 is 0 Å². The summed E-state index contributed by atoms with van der Waals surface area (Å²) < 4.78 is 0.745. The first-order valence-electron chi connectivity index (χ1n) is 7.02. The molecule has 98 valence electrons. The van der Waals surface area contributed by atoms with E-state index in [9.17, 15) is 5.11 Å². The second-order valence-electron chi connectivity index (χ2n) is 5.61. The Labute approximate surface area is 109 Å². The molecule has 1 aromatic carbocycles. The molecule has 3 rings (SSSR count). The van der Waals surface area contributed by atoms with E-state index in [2.05, 4.69) is 30.3 Å². The van der Waals surface area contributed by atoms with E-state index >= 15 is 0 Å². The van der Waals surface area contributed by atoms with Gasteiger partial charge in [0.2, 0.25) is 0 Å². The van der Waals surface area contributed by atoms with E-state index in [1.807, 2.05) is 0 Å². The first-order valence-corrected chi connectivity index (χ1v) is 7.02. The Morgan fingerprint density at radius 1 is 1.22 bits per heavy atom. The average molecular weight is 248 g/mol. The van der Waals surface area contributed by atoms with Crippen LogP contribution < -0.4 is 0 Å². The lowest BCUT2D eigenvalue weighted by atomic mass is 9.97. The van der Waals surface area contributed by atoms with Crippen molar-refractivity contribution in [3.05, 3.63) is 35.9 Å². The van der Waals surface area contributed by atoms with Crippen molar-refractivity contribution in [2.45, 2.75) is 44.4 Å². The summed E-state index contributed by atoms with van der Waals surface area (Å²) in [7, 11) is 0. The van der Waals surface area contributed by atoms with Gasteiger partial charge in [-0.1, -0.05) is 30.3 Å². The van der Waals surface area contributed by atoms with Crippen LogP contribution in [-0.2, 0) is 11.4 Å². The summed E-state index contributed by atoms with van der Waals surface area (Å²) in [5.41, 5.74) is 1.34. The molecule has 3 heteroatoms. The fraction of sp³-hybridized carbons (Fsp3) is 0.600. The molecule has 3 atom stereocenters. The number of hydrogen-bond acceptors (Lipinski definition) is 2. The Kier molecular flexibility index (Phi) is 3.37. The maximum atomic E-state index is 9.36. The molecule has 0 saturated carbocycles. The zero-order valence-electron chi connectivity index (χ0n) is 10.8. The molecule has 1 unspecified atom stereocenters. The molecule has 0 bridgehead atoms. The zero-order chi connectivity index (χ0) is 12.4. The third-order valence-electron chi connectivity index (χ3n) is 4.38. The third-order valence-corrected chi connectivity index (χ3v) is 4.38. The number of quaternary nitrogens is 1. The molecule has 2 aliphatic heterocycles. The molecule has 0 spiro atoms. The minimum absolute atomic E-state index is 0.0387. The minimum atomic E-state index is 0.0387. The van der Waals surface area contributed by atoms with Gasteiger partial charge in [-0.05, 0) is 12.8 Å². The lowest BCUT2D eigenvalue weighted by Crippen LogP contribution is -2.52. The van der Waals surface area contributed by atoms with Gasteiger partial charge in [-0.15, -0.1) is 0 Å². The molecular weight excluding hydrogens is 226 g/mol. The molecule has 0 aliphatic carbocycles. The second kappa shape index (κ2) is 5.00. The number of aliphatic hydroxyl groups is 1. The van der Waals surface area contributed by atoms with Gasteiger partial charge in [-0.2, -0.15) is 9.48 Å². The number of benzene rings is 1. The molecule has 2 aliphatic rings. The van der Waals surface area contributed by atoms with Crippen molar-refractivity contribution in [1.82, 2.24) is 0 Å². The predicted molar refractivity (Wildman–Crippen MR) is 69.5 cm³/mol. The molecule has 3 nitrogen and oxygen atoms in total. The summed E-state index contributed by atoms with van der Waals surface area (Å²) >= 11 is 0. The number of aliphatic hydroxyl groups excluding tert-OH is 1. The normalized spacial score (nSPS) is 35.4. The monoisotopic (exact) mass is 248 g/mol. The number of fused-ring (bicyclic) bond motifs is 1. The Morgan fingerprint density at radius 2 is 2.06 bits per heavy atom. The van der Waals surface area contributed by atoms with E-state index < -0.39 is 0 Å². The van der Waals surface area contributed by atoms with Crippen molar-refractivity contribution in [2.24, 2.45) is 0 Å². The van der Waals surface area contributed by atoms with E-state index in [0.717, 1.165) is 24.2 Å².